The first-order valence-corrected chi connectivity index (χ1v) is 14.4. The van der Waals surface area contributed by atoms with Crippen molar-refractivity contribution in [3.63, 3.8) is 0 Å². The second-order valence-electron chi connectivity index (χ2n) is 10.9. The molecular weight excluding hydrogens is 526 g/mol. The topological polar surface area (TPSA) is 107 Å². The second-order valence-corrected chi connectivity index (χ2v) is 11.3. The number of pyridine rings is 1. The molecule has 5 heterocycles. The number of hydrogen-bond donors (Lipinski definition) is 3. The zero-order chi connectivity index (χ0) is 27.8. The maximum atomic E-state index is 11.7. The molecule has 3 aromatic heterocycles. The molecule has 4 aromatic rings. The number of carbonyl (C=O) groups is 1. The highest BCUT2D eigenvalue weighted by Crippen LogP contribution is 2.33. The molecule has 40 heavy (non-hydrogen) atoms. The van der Waals surface area contributed by atoms with Crippen LogP contribution in [-0.4, -0.2) is 74.3 Å². The molecule has 1 aromatic carbocycles. The zero-order valence-electron chi connectivity index (χ0n) is 23.3. The van der Waals surface area contributed by atoms with Gasteiger partial charge in [0.25, 0.3) is 0 Å². The van der Waals surface area contributed by atoms with Crippen LogP contribution in [-0.2, 0) is 18.4 Å². The van der Waals surface area contributed by atoms with Gasteiger partial charge in [-0.15, -0.1) is 0 Å². The Morgan fingerprint density at radius 2 is 1.88 bits per heavy atom. The van der Waals surface area contributed by atoms with Gasteiger partial charge in [0.2, 0.25) is 5.91 Å². The number of hydrogen-bond acceptors (Lipinski definition) is 7. The van der Waals surface area contributed by atoms with E-state index in [1.54, 1.807) is 6.20 Å². The fraction of sp³-hybridized carbons (Fsp3) is 0.448. The van der Waals surface area contributed by atoms with E-state index >= 15 is 0 Å². The Balaban J connectivity index is 1.14. The van der Waals surface area contributed by atoms with Gasteiger partial charge < -0.3 is 20.5 Å². The van der Waals surface area contributed by atoms with Crippen LogP contribution in [0, 0.1) is 13.8 Å². The molecule has 6 rings (SSSR count). The quantitative estimate of drug-likeness (QED) is 0.326. The largest absolute Gasteiger partial charge is 0.379 e. The number of aryl methyl sites for hydroxylation is 2. The number of amides is 1. The molecule has 2 saturated heterocycles. The number of aromatic amines is 1. The van der Waals surface area contributed by atoms with Crippen LogP contribution in [0.25, 0.3) is 22.6 Å². The predicted octanol–water partition coefficient (Wildman–Crippen LogP) is 4.03. The molecule has 10 nitrogen and oxygen atoms in total. The first-order chi connectivity index (χ1) is 19.4. The van der Waals surface area contributed by atoms with Crippen LogP contribution in [0.3, 0.4) is 0 Å². The summed E-state index contributed by atoms with van der Waals surface area (Å²) >= 11 is 6.65. The summed E-state index contributed by atoms with van der Waals surface area (Å²) in [7, 11) is 2.01. The van der Waals surface area contributed by atoms with E-state index in [-0.39, 0.29) is 5.91 Å². The third kappa shape index (κ3) is 5.38. The highest BCUT2D eigenvalue weighted by atomic mass is 35.5. The van der Waals surface area contributed by atoms with Crippen LogP contribution in [0.1, 0.15) is 36.2 Å². The standard InChI is InChI=1S/C29H36ClN9O/c1-18-23(19(2)37(3)36-18)17-38-12-8-21(9-13-38)33-26-24(30)16-32-29-27(26)34-28(35-29)20-4-6-22(7-5-20)39-14-10-25(40)31-11-15-39/h4-7,16,21H,8-15,17H2,1-3H3,(H,31,40)(H2,32,33,34,35). The van der Waals surface area contributed by atoms with Crippen molar-refractivity contribution in [3.05, 3.63) is 52.4 Å². The molecule has 2 aliphatic heterocycles. The number of rotatable bonds is 6. The number of fused-ring (bicyclic) bond motifs is 1. The van der Waals surface area contributed by atoms with Gasteiger partial charge in [0.1, 0.15) is 11.3 Å². The van der Waals surface area contributed by atoms with E-state index in [9.17, 15) is 4.79 Å². The SMILES string of the molecule is Cc1nn(C)c(C)c1CN1CCC(Nc2c(Cl)cnc3[nH]c(-c4ccc(N5CCNC(=O)CC5)cc4)nc23)CC1. The van der Waals surface area contributed by atoms with Gasteiger partial charge in [-0.1, -0.05) is 11.6 Å². The normalized spacial score (nSPS) is 17.3. The zero-order valence-corrected chi connectivity index (χ0v) is 24.1. The second kappa shape index (κ2) is 11.1. The van der Waals surface area contributed by atoms with Crippen molar-refractivity contribution in [2.75, 3.05) is 42.9 Å². The molecule has 0 spiro atoms. The minimum Gasteiger partial charge on any atom is -0.379 e. The summed E-state index contributed by atoms with van der Waals surface area (Å²) in [6.07, 6.45) is 4.25. The Hall–Kier alpha value is -3.63. The van der Waals surface area contributed by atoms with Crippen molar-refractivity contribution in [2.45, 2.75) is 45.7 Å². The summed E-state index contributed by atoms with van der Waals surface area (Å²) in [5.74, 6) is 0.863. The maximum Gasteiger partial charge on any atom is 0.221 e. The average Bonchev–Trinajstić information content (AvgIpc) is 3.40. The number of benzene rings is 1. The van der Waals surface area contributed by atoms with Crippen LogP contribution < -0.4 is 15.5 Å². The van der Waals surface area contributed by atoms with Gasteiger partial charge in [-0.3, -0.25) is 14.4 Å². The van der Waals surface area contributed by atoms with Crippen molar-refractivity contribution in [2.24, 2.45) is 7.05 Å². The lowest BCUT2D eigenvalue weighted by molar-refractivity contribution is -0.120. The number of H-pyrrole nitrogens is 1. The molecule has 11 heteroatoms. The predicted molar refractivity (Wildman–Crippen MR) is 159 cm³/mol. The number of piperidine rings is 1. The van der Waals surface area contributed by atoms with Gasteiger partial charge in [-0.25, -0.2) is 9.97 Å². The van der Waals surface area contributed by atoms with Crippen molar-refractivity contribution < 1.29 is 4.79 Å². The molecule has 3 N–H and O–H groups in total. The molecule has 1 amide bonds. The monoisotopic (exact) mass is 561 g/mol. The molecule has 0 saturated carbocycles. The van der Waals surface area contributed by atoms with E-state index in [4.69, 9.17) is 16.6 Å². The van der Waals surface area contributed by atoms with Crippen LogP contribution >= 0.6 is 11.6 Å². The Morgan fingerprint density at radius 1 is 1.10 bits per heavy atom. The van der Waals surface area contributed by atoms with Gasteiger partial charge in [-0.2, -0.15) is 5.10 Å². The molecule has 0 aliphatic carbocycles. The van der Waals surface area contributed by atoms with Gasteiger partial charge in [0.15, 0.2) is 5.65 Å². The lowest BCUT2D eigenvalue weighted by Gasteiger charge is -2.33. The van der Waals surface area contributed by atoms with Crippen LogP contribution in [0.2, 0.25) is 5.02 Å². The average molecular weight is 562 g/mol. The molecule has 0 bridgehead atoms. The summed E-state index contributed by atoms with van der Waals surface area (Å²) in [5, 5.41) is 11.8. The van der Waals surface area contributed by atoms with E-state index in [0.717, 1.165) is 79.5 Å². The molecule has 210 valence electrons. The molecule has 0 atom stereocenters. The Morgan fingerprint density at radius 3 is 2.60 bits per heavy atom. The van der Waals surface area contributed by atoms with Crippen molar-refractivity contribution >= 4 is 40.0 Å². The van der Waals surface area contributed by atoms with E-state index in [0.29, 0.717) is 29.7 Å². The van der Waals surface area contributed by atoms with Gasteiger partial charge >= 0.3 is 0 Å². The molecular formula is C29H36ClN9O. The van der Waals surface area contributed by atoms with Crippen molar-refractivity contribution in [1.29, 1.82) is 0 Å². The number of anilines is 2. The third-order valence-corrected chi connectivity index (χ3v) is 8.55. The van der Waals surface area contributed by atoms with Crippen molar-refractivity contribution in [1.82, 2.24) is 34.9 Å². The maximum absolute atomic E-state index is 11.7. The van der Waals surface area contributed by atoms with Gasteiger partial charge in [0.05, 0.1) is 22.6 Å². The van der Waals surface area contributed by atoms with Crippen molar-refractivity contribution in [3.8, 4) is 11.4 Å². The Kier molecular flexibility index (Phi) is 7.37. The summed E-state index contributed by atoms with van der Waals surface area (Å²) in [6.45, 7) is 9.37. The summed E-state index contributed by atoms with van der Waals surface area (Å²) < 4.78 is 1.97. The molecule has 0 unspecified atom stereocenters. The highest BCUT2D eigenvalue weighted by molar-refractivity contribution is 6.34. The minimum atomic E-state index is 0.109. The Labute approximate surface area is 239 Å². The first-order valence-electron chi connectivity index (χ1n) is 14.0. The number of imidazole rings is 1. The molecule has 0 radical (unpaired) electrons. The smallest absolute Gasteiger partial charge is 0.221 e. The summed E-state index contributed by atoms with van der Waals surface area (Å²) in [5.41, 5.74) is 8.07. The minimum absolute atomic E-state index is 0.109. The number of aromatic nitrogens is 5. The number of likely N-dealkylation sites (tertiary alicyclic amines) is 1. The number of nitrogens with zero attached hydrogens (tertiary/aromatic N) is 6. The Bertz CT molecular complexity index is 1520. The lowest BCUT2D eigenvalue weighted by atomic mass is 10.0. The molecule has 2 fully saturated rings. The van der Waals surface area contributed by atoms with Gasteiger partial charge in [0, 0.05) is 81.3 Å². The van der Waals surface area contributed by atoms with E-state index in [1.165, 1.54) is 11.3 Å². The summed E-state index contributed by atoms with van der Waals surface area (Å²) in [4.78, 5) is 29.2. The van der Waals surface area contributed by atoms with E-state index in [2.05, 4.69) is 73.6 Å². The lowest BCUT2D eigenvalue weighted by Crippen LogP contribution is -2.39. The van der Waals surface area contributed by atoms with E-state index in [1.807, 2.05) is 11.7 Å². The van der Waals surface area contributed by atoms with E-state index < -0.39 is 0 Å². The van der Waals surface area contributed by atoms with Crippen LogP contribution in [0.4, 0.5) is 11.4 Å². The first kappa shape index (κ1) is 26.6. The fourth-order valence-corrected chi connectivity index (χ4v) is 5.96. The van der Waals surface area contributed by atoms with Crippen LogP contribution in [0.15, 0.2) is 30.5 Å². The fourth-order valence-electron chi connectivity index (χ4n) is 5.77. The third-order valence-electron chi connectivity index (χ3n) is 8.26. The van der Waals surface area contributed by atoms with Crippen LogP contribution in [0.5, 0.6) is 0 Å². The highest BCUT2D eigenvalue weighted by Gasteiger charge is 2.24. The number of carbonyl (C=O) groups excluding carboxylic acids is 1. The summed E-state index contributed by atoms with van der Waals surface area (Å²) in [6, 6.07) is 8.59. The number of halogens is 1. The number of nitrogens with one attached hydrogen (secondary N) is 3. The van der Waals surface area contributed by atoms with Gasteiger partial charge in [-0.05, 0) is 51.0 Å². The molecule has 2 aliphatic rings.